The lowest BCUT2D eigenvalue weighted by Crippen LogP contribution is -2.46. The second-order valence-electron chi connectivity index (χ2n) is 6.40. The van der Waals surface area contributed by atoms with E-state index in [1.54, 1.807) is 35.6 Å². The molecule has 23 heavy (non-hydrogen) atoms. The van der Waals surface area contributed by atoms with Crippen LogP contribution in [0.15, 0.2) is 31.0 Å². The van der Waals surface area contributed by atoms with Crippen molar-refractivity contribution in [2.75, 3.05) is 26.3 Å². The number of nitrogens with zero attached hydrogens (tertiary/aromatic N) is 5. The third-order valence-corrected chi connectivity index (χ3v) is 4.81. The van der Waals surface area contributed by atoms with Gasteiger partial charge >= 0.3 is 0 Å². The summed E-state index contributed by atoms with van der Waals surface area (Å²) < 4.78 is 7.27. The van der Waals surface area contributed by atoms with Crippen LogP contribution in [0.25, 0.3) is 5.82 Å². The molecule has 0 unspecified atom stereocenters. The lowest BCUT2D eigenvalue weighted by atomic mass is 9.79. The molecule has 1 amide bonds. The molecule has 0 radical (unpaired) electrons. The lowest BCUT2D eigenvalue weighted by Gasteiger charge is -2.39. The second-order valence-corrected chi connectivity index (χ2v) is 6.40. The smallest absolute Gasteiger partial charge is 0.254 e. The fraction of sp³-hybridized carbons (Fsp3) is 0.500. The van der Waals surface area contributed by atoms with Gasteiger partial charge in [-0.3, -0.25) is 9.36 Å². The van der Waals surface area contributed by atoms with Crippen LogP contribution in [0, 0.1) is 5.41 Å². The fourth-order valence-corrected chi connectivity index (χ4v) is 3.55. The summed E-state index contributed by atoms with van der Waals surface area (Å²) in [5, 5.41) is 7.55. The number of pyridine rings is 1. The average Bonchev–Trinajstić information content (AvgIpc) is 3.27. The van der Waals surface area contributed by atoms with Crippen LogP contribution in [0.1, 0.15) is 29.6 Å². The first-order chi connectivity index (χ1) is 11.3. The Morgan fingerprint density at radius 2 is 2.13 bits per heavy atom. The van der Waals surface area contributed by atoms with Crippen molar-refractivity contribution in [1.82, 2.24) is 24.6 Å². The highest BCUT2D eigenvalue weighted by Gasteiger charge is 2.40. The van der Waals surface area contributed by atoms with E-state index in [2.05, 4.69) is 15.2 Å². The van der Waals surface area contributed by atoms with E-state index in [9.17, 15) is 4.79 Å². The first-order valence-corrected chi connectivity index (χ1v) is 7.94. The molecule has 4 heterocycles. The van der Waals surface area contributed by atoms with Gasteiger partial charge in [0.25, 0.3) is 5.91 Å². The summed E-state index contributed by atoms with van der Waals surface area (Å²) in [7, 11) is 0. The van der Waals surface area contributed by atoms with Crippen LogP contribution in [0.3, 0.4) is 0 Å². The van der Waals surface area contributed by atoms with E-state index in [1.807, 2.05) is 4.90 Å². The molecule has 7 heteroatoms. The minimum absolute atomic E-state index is 0.0627. The summed E-state index contributed by atoms with van der Waals surface area (Å²) in [5.74, 6) is 0.712. The van der Waals surface area contributed by atoms with Gasteiger partial charge in [-0.25, -0.2) is 4.98 Å². The summed E-state index contributed by atoms with van der Waals surface area (Å²) in [6.07, 6.45) is 8.04. The van der Waals surface area contributed by atoms with Crippen molar-refractivity contribution in [3.63, 3.8) is 0 Å². The molecule has 1 atom stereocenters. The Labute approximate surface area is 134 Å². The zero-order valence-electron chi connectivity index (χ0n) is 12.9. The molecular weight excluding hydrogens is 294 g/mol. The zero-order chi connectivity index (χ0) is 15.7. The van der Waals surface area contributed by atoms with Gasteiger partial charge in [0.05, 0.1) is 6.61 Å². The van der Waals surface area contributed by atoms with Crippen molar-refractivity contribution >= 4 is 5.91 Å². The Hall–Kier alpha value is -2.28. The normalized spacial score (nSPS) is 24.3. The first-order valence-electron chi connectivity index (χ1n) is 7.94. The molecule has 4 rings (SSSR count). The Kier molecular flexibility index (Phi) is 3.57. The van der Waals surface area contributed by atoms with Crippen LogP contribution in [-0.2, 0) is 4.74 Å². The van der Waals surface area contributed by atoms with Gasteiger partial charge < -0.3 is 9.64 Å². The number of hydrogen-bond acceptors (Lipinski definition) is 5. The predicted octanol–water partition coefficient (Wildman–Crippen LogP) is 1.30. The standard InChI is InChI=1S/C16H19N5O2/c22-15(20-6-1-3-16(9-20)4-7-23-10-16)13-2-5-17-14(8-13)21-11-18-19-12-21/h2,5,8,11-12H,1,3-4,6-7,9-10H2/t16-/m0/s1. The second kappa shape index (κ2) is 5.73. The van der Waals surface area contributed by atoms with E-state index < -0.39 is 0 Å². The third-order valence-electron chi connectivity index (χ3n) is 4.81. The molecular formula is C16H19N5O2. The molecule has 0 N–H and O–H groups in total. The molecule has 0 aliphatic carbocycles. The van der Waals surface area contributed by atoms with Crippen LogP contribution in [0.4, 0.5) is 0 Å². The number of carbonyl (C=O) groups is 1. The minimum atomic E-state index is 0.0627. The van der Waals surface area contributed by atoms with Crippen molar-refractivity contribution in [3.05, 3.63) is 36.5 Å². The first kappa shape index (κ1) is 14.3. The SMILES string of the molecule is O=C(c1ccnc(-n2cnnc2)c1)N1CCC[C@]2(CCOC2)C1. The maximum Gasteiger partial charge on any atom is 0.254 e. The van der Waals surface area contributed by atoms with Crippen molar-refractivity contribution in [2.24, 2.45) is 5.41 Å². The van der Waals surface area contributed by atoms with Gasteiger partial charge in [-0.05, 0) is 31.4 Å². The van der Waals surface area contributed by atoms with Gasteiger partial charge in [0.2, 0.25) is 0 Å². The van der Waals surface area contributed by atoms with Gasteiger partial charge in [-0.1, -0.05) is 0 Å². The monoisotopic (exact) mass is 313 g/mol. The molecule has 2 aliphatic rings. The van der Waals surface area contributed by atoms with Gasteiger partial charge in [-0.15, -0.1) is 10.2 Å². The molecule has 0 saturated carbocycles. The van der Waals surface area contributed by atoms with Crippen LogP contribution in [0.5, 0.6) is 0 Å². The minimum Gasteiger partial charge on any atom is -0.381 e. The van der Waals surface area contributed by atoms with Gasteiger partial charge in [0.1, 0.15) is 18.5 Å². The topological polar surface area (TPSA) is 73.1 Å². The molecule has 2 aromatic heterocycles. The summed E-state index contributed by atoms with van der Waals surface area (Å²) >= 11 is 0. The van der Waals surface area contributed by atoms with E-state index >= 15 is 0 Å². The molecule has 0 aromatic carbocycles. The van der Waals surface area contributed by atoms with Crippen molar-refractivity contribution in [3.8, 4) is 5.82 Å². The Balaban J connectivity index is 1.56. The van der Waals surface area contributed by atoms with Crippen LogP contribution >= 0.6 is 0 Å². The largest absolute Gasteiger partial charge is 0.381 e. The highest BCUT2D eigenvalue weighted by molar-refractivity contribution is 5.94. The quantitative estimate of drug-likeness (QED) is 0.835. The number of aromatic nitrogens is 4. The number of hydrogen-bond donors (Lipinski definition) is 0. The predicted molar refractivity (Wildman–Crippen MR) is 82.2 cm³/mol. The van der Waals surface area contributed by atoms with Crippen molar-refractivity contribution in [2.45, 2.75) is 19.3 Å². The van der Waals surface area contributed by atoms with E-state index in [1.165, 1.54) is 0 Å². The Bertz CT molecular complexity index is 694. The highest BCUT2D eigenvalue weighted by atomic mass is 16.5. The summed E-state index contributed by atoms with van der Waals surface area (Å²) in [5.41, 5.74) is 0.817. The maximum absolute atomic E-state index is 12.9. The number of rotatable bonds is 2. The van der Waals surface area contributed by atoms with E-state index in [-0.39, 0.29) is 11.3 Å². The molecule has 120 valence electrons. The van der Waals surface area contributed by atoms with Gasteiger partial charge in [0.15, 0.2) is 0 Å². The molecule has 7 nitrogen and oxygen atoms in total. The van der Waals surface area contributed by atoms with Crippen LogP contribution in [0.2, 0.25) is 0 Å². The Morgan fingerprint density at radius 3 is 2.91 bits per heavy atom. The number of carbonyl (C=O) groups excluding carboxylic acids is 1. The van der Waals surface area contributed by atoms with E-state index in [0.29, 0.717) is 11.4 Å². The van der Waals surface area contributed by atoms with Crippen LogP contribution in [-0.4, -0.2) is 56.9 Å². The third kappa shape index (κ3) is 2.72. The number of ether oxygens (including phenoxy) is 1. The summed E-state index contributed by atoms with van der Waals surface area (Å²) in [4.78, 5) is 19.1. The average molecular weight is 313 g/mol. The Morgan fingerprint density at radius 1 is 1.26 bits per heavy atom. The lowest BCUT2D eigenvalue weighted by molar-refractivity contribution is 0.0462. The zero-order valence-corrected chi connectivity index (χ0v) is 12.9. The fourth-order valence-electron chi connectivity index (χ4n) is 3.55. The van der Waals surface area contributed by atoms with Crippen molar-refractivity contribution < 1.29 is 9.53 Å². The molecule has 2 fully saturated rings. The molecule has 2 aliphatic heterocycles. The van der Waals surface area contributed by atoms with Gasteiger partial charge in [-0.2, -0.15) is 0 Å². The number of likely N-dealkylation sites (tertiary alicyclic amines) is 1. The summed E-state index contributed by atoms with van der Waals surface area (Å²) in [6.45, 7) is 3.19. The molecule has 0 bridgehead atoms. The molecule has 2 saturated heterocycles. The highest BCUT2D eigenvalue weighted by Crippen LogP contribution is 2.38. The van der Waals surface area contributed by atoms with Crippen LogP contribution < -0.4 is 0 Å². The van der Waals surface area contributed by atoms with E-state index in [4.69, 9.17) is 4.74 Å². The van der Waals surface area contributed by atoms with E-state index in [0.717, 1.165) is 45.6 Å². The van der Waals surface area contributed by atoms with Gasteiger partial charge in [0, 0.05) is 36.9 Å². The molecule has 2 aromatic rings. The summed E-state index contributed by atoms with van der Waals surface area (Å²) in [6, 6.07) is 3.56. The number of amides is 1. The molecule has 1 spiro atoms. The maximum atomic E-state index is 12.9. The number of piperidine rings is 1. The van der Waals surface area contributed by atoms with Crippen molar-refractivity contribution in [1.29, 1.82) is 0 Å².